The Bertz CT molecular complexity index is 499. The highest BCUT2D eigenvalue weighted by Crippen LogP contribution is 2.20. The minimum absolute atomic E-state index is 0.107. The zero-order chi connectivity index (χ0) is 11.5. The molecule has 0 spiro atoms. The molecule has 0 aliphatic heterocycles. The molecule has 0 amide bonds. The van der Waals surface area contributed by atoms with Crippen molar-refractivity contribution < 1.29 is 4.79 Å². The third-order valence-corrected chi connectivity index (χ3v) is 3.52. The molecule has 2 rings (SSSR count). The lowest BCUT2D eigenvalue weighted by Gasteiger charge is -2.02. The van der Waals surface area contributed by atoms with Gasteiger partial charge in [-0.15, -0.1) is 11.3 Å². The second kappa shape index (κ2) is 4.49. The van der Waals surface area contributed by atoms with Crippen molar-refractivity contribution in [2.24, 2.45) is 0 Å². The van der Waals surface area contributed by atoms with Crippen molar-refractivity contribution in [1.82, 2.24) is 0 Å². The number of nitrogens with one attached hydrogen (secondary N) is 1. The minimum atomic E-state index is 0.107. The zero-order valence-corrected chi connectivity index (χ0v) is 10.1. The van der Waals surface area contributed by atoms with E-state index >= 15 is 0 Å². The quantitative estimate of drug-likeness (QED) is 0.821. The average molecular weight is 231 g/mol. The molecule has 1 aromatic heterocycles. The van der Waals surface area contributed by atoms with Gasteiger partial charge in [-0.3, -0.25) is 4.79 Å². The first-order chi connectivity index (χ1) is 7.72. The number of ketones is 1. The Balaban J connectivity index is 2.31. The predicted octanol–water partition coefficient (Wildman–Crippen LogP) is 3.33. The fourth-order valence-electron chi connectivity index (χ4n) is 1.52. The highest BCUT2D eigenvalue weighted by Gasteiger charge is 2.12. The maximum absolute atomic E-state index is 12.1. The van der Waals surface area contributed by atoms with Crippen LogP contribution in [0.3, 0.4) is 0 Å². The standard InChI is InChI=1S/C13H13NOS/c1-9-7-8-16-13(9)12(15)10-3-5-11(14-2)6-4-10/h3-8,14H,1-2H3. The van der Waals surface area contributed by atoms with Crippen molar-refractivity contribution in [3.05, 3.63) is 51.7 Å². The average Bonchev–Trinajstić information content (AvgIpc) is 2.75. The second-order valence-corrected chi connectivity index (χ2v) is 4.51. The molecule has 1 heterocycles. The van der Waals surface area contributed by atoms with Crippen LogP contribution in [-0.2, 0) is 0 Å². The van der Waals surface area contributed by atoms with Gasteiger partial charge in [0.2, 0.25) is 5.78 Å². The fraction of sp³-hybridized carbons (Fsp3) is 0.154. The molecule has 2 aromatic rings. The molecule has 0 saturated carbocycles. The van der Waals surface area contributed by atoms with E-state index in [1.54, 1.807) is 0 Å². The van der Waals surface area contributed by atoms with E-state index in [-0.39, 0.29) is 5.78 Å². The normalized spacial score (nSPS) is 10.1. The van der Waals surface area contributed by atoms with E-state index in [4.69, 9.17) is 0 Å². The molecule has 0 fully saturated rings. The van der Waals surface area contributed by atoms with Crippen LogP contribution in [0.15, 0.2) is 35.7 Å². The van der Waals surface area contributed by atoms with E-state index in [9.17, 15) is 4.79 Å². The summed E-state index contributed by atoms with van der Waals surface area (Å²) >= 11 is 1.50. The molecule has 0 aliphatic rings. The van der Waals surface area contributed by atoms with Gasteiger partial charge < -0.3 is 5.32 Å². The summed E-state index contributed by atoms with van der Waals surface area (Å²) in [6.45, 7) is 1.96. The Morgan fingerprint density at radius 2 is 1.88 bits per heavy atom. The van der Waals surface area contributed by atoms with E-state index in [1.807, 2.05) is 49.7 Å². The molecule has 1 aromatic carbocycles. The molecule has 0 atom stereocenters. The van der Waals surface area contributed by atoms with Crippen molar-refractivity contribution in [3.63, 3.8) is 0 Å². The third kappa shape index (κ3) is 1.99. The smallest absolute Gasteiger partial charge is 0.203 e. The van der Waals surface area contributed by atoms with Crippen LogP contribution in [-0.4, -0.2) is 12.8 Å². The number of thiophene rings is 1. The van der Waals surface area contributed by atoms with E-state index in [0.717, 1.165) is 21.7 Å². The second-order valence-electron chi connectivity index (χ2n) is 3.59. The summed E-state index contributed by atoms with van der Waals surface area (Å²) in [4.78, 5) is 12.9. The lowest BCUT2D eigenvalue weighted by atomic mass is 10.1. The molecule has 2 nitrogen and oxygen atoms in total. The largest absolute Gasteiger partial charge is 0.388 e. The first-order valence-electron chi connectivity index (χ1n) is 5.09. The van der Waals surface area contributed by atoms with Crippen molar-refractivity contribution in [1.29, 1.82) is 0 Å². The maximum Gasteiger partial charge on any atom is 0.203 e. The van der Waals surface area contributed by atoms with Crippen LogP contribution in [0.5, 0.6) is 0 Å². The van der Waals surface area contributed by atoms with Gasteiger partial charge in [0.15, 0.2) is 0 Å². The number of carbonyl (C=O) groups is 1. The maximum atomic E-state index is 12.1. The summed E-state index contributed by atoms with van der Waals surface area (Å²) in [5.74, 6) is 0.107. The SMILES string of the molecule is CNc1ccc(C(=O)c2sccc2C)cc1. The van der Waals surface area contributed by atoms with E-state index in [1.165, 1.54) is 11.3 Å². The fourth-order valence-corrected chi connectivity index (χ4v) is 2.41. The zero-order valence-electron chi connectivity index (χ0n) is 9.28. The predicted molar refractivity (Wildman–Crippen MR) is 68.5 cm³/mol. The molecule has 3 heteroatoms. The number of benzene rings is 1. The van der Waals surface area contributed by atoms with Crippen LogP contribution in [0.4, 0.5) is 5.69 Å². The first kappa shape index (κ1) is 10.9. The van der Waals surface area contributed by atoms with Crippen LogP contribution in [0, 0.1) is 6.92 Å². The minimum Gasteiger partial charge on any atom is -0.388 e. The molecule has 0 radical (unpaired) electrons. The molecule has 16 heavy (non-hydrogen) atoms. The van der Waals surface area contributed by atoms with E-state index < -0.39 is 0 Å². The van der Waals surface area contributed by atoms with Gasteiger partial charge in [-0.05, 0) is 48.2 Å². The Morgan fingerprint density at radius 1 is 1.19 bits per heavy atom. The summed E-state index contributed by atoms with van der Waals surface area (Å²) in [5, 5.41) is 4.98. The van der Waals surface area contributed by atoms with Gasteiger partial charge in [-0.25, -0.2) is 0 Å². The molecule has 0 unspecified atom stereocenters. The Hall–Kier alpha value is -1.61. The van der Waals surface area contributed by atoms with Gasteiger partial charge in [-0.2, -0.15) is 0 Å². The van der Waals surface area contributed by atoms with Crippen LogP contribution in [0.2, 0.25) is 0 Å². The molecular formula is C13H13NOS. The van der Waals surface area contributed by atoms with Crippen molar-refractivity contribution in [2.45, 2.75) is 6.92 Å². The Morgan fingerprint density at radius 3 is 2.38 bits per heavy atom. The molecule has 82 valence electrons. The van der Waals surface area contributed by atoms with Gasteiger partial charge in [0.25, 0.3) is 0 Å². The summed E-state index contributed by atoms with van der Waals surface area (Å²) in [5.41, 5.74) is 2.80. The third-order valence-electron chi connectivity index (χ3n) is 2.50. The molecular weight excluding hydrogens is 218 g/mol. The van der Waals surface area contributed by atoms with Crippen molar-refractivity contribution >= 4 is 22.8 Å². The summed E-state index contributed by atoms with van der Waals surface area (Å²) in [6, 6.07) is 9.51. The number of hydrogen-bond donors (Lipinski definition) is 1. The molecule has 0 aliphatic carbocycles. The molecule has 0 bridgehead atoms. The number of aryl methyl sites for hydroxylation is 1. The van der Waals surface area contributed by atoms with Crippen LogP contribution < -0.4 is 5.32 Å². The monoisotopic (exact) mass is 231 g/mol. The summed E-state index contributed by atoms with van der Waals surface area (Å²) in [6.07, 6.45) is 0. The van der Waals surface area contributed by atoms with Gasteiger partial charge in [-0.1, -0.05) is 0 Å². The van der Waals surface area contributed by atoms with Crippen molar-refractivity contribution in [2.75, 3.05) is 12.4 Å². The Labute approximate surface area is 98.9 Å². The topological polar surface area (TPSA) is 29.1 Å². The van der Waals surface area contributed by atoms with E-state index in [2.05, 4.69) is 5.32 Å². The van der Waals surface area contributed by atoms with Gasteiger partial charge in [0.05, 0.1) is 4.88 Å². The van der Waals surface area contributed by atoms with Crippen molar-refractivity contribution in [3.8, 4) is 0 Å². The summed E-state index contributed by atoms with van der Waals surface area (Å²) in [7, 11) is 1.86. The highest BCUT2D eigenvalue weighted by molar-refractivity contribution is 7.12. The van der Waals surface area contributed by atoms with Crippen LogP contribution >= 0.6 is 11.3 Å². The molecule has 1 N–H and O–H groups in total. The van der Waals surface area contributed by atoms with Gasteiger partial charge in [0, 0.05) is 18.3 Å². The highest BCUT2D eigenvalue weighted by atomic mass is 32.1. The first-order valence-corrected chi connectivity index (χ1v) is 5.97. The number of rotatable bonds is 3. The van der Waals surface area contributed by atoms with Crippen LogP contribution in [0.1, 0.15) is 20.8 Å². The Kier molecular flexibility index (Phi) is 3.06. The van der Waals surface area contributed by atoms with Crippen LogP contribution in [0.25, 0.3) is 0 Å². The number of hydrogen-bond acceptors (Lipinski definition) is 3. The molecule has 0 saturated heterocycles. The number of carbonyl (C=O) groups excluding carboxylic acids is 1. The lowest BCUT2D eigenvalue weighted by Crippen LogP contribution is -2.00. The van der Waals surface area contributed by atoms with Gasteiger partial charge >= 0.3 is 0 Å². The summed E-state index contributed by atoms with van der Waals surface area (Å²) < 4.78 is 0. The number of anilines is 1. The van der Waals surface area contributed by atoms with E-state index in [0.29, 0.717) is 0 Å². The van der Waals surface area contributed by atoms with Gasteiger partial charge in [0.1, 0.15) is 0 Å². The lowest BCUT2D eigenvalue weighted by molar-refractivity contribution is 0.104.